The molecule has 2 fully saturated rings. The number of fused-ring (bicyclic) bond motifs is 1. The molecular weight excluding hydrogens is 232 g/mol. The largest absolute Gasteiger partial charge is 0.444 e. The van der Waals surface area contributed by atoms with E-state index >= 15 is 0 Å². The molecule has 0 aromatic heterocycles. The number of likely N-dealkylation sites (N-methyl/N-ethyl adjacent to an activating group) is 1. The highest BCUT2D eigenvalue weighted by Crippen LogP contribution is 2.35. The van der Waals surface area contributed by atoms with Crippen LogP contribution in [-0.2, 0) is 9.47 Å². The summed E-state index contributed by atoms with van der Waals surface area (Å²) in [6.45, 7) is 8.86. The fourth-order valence-electron chi connectivity index (χ4n) is 2.85. The van der Waals surface area contributed by atoms with Gasteiger partial charge < -0.3 is 19.7 Å². The monoisotopic (exact) mass is 256 g/mol. The molecule has 2 saturated heterocycles. The molecule has 0 saturated carbocycles. The lowest BCUT2D eigenvalue weighted by Gasteiger charge is -2.45. The summed E-state index contributed by atoms with van der Waals surface area (Å²) in [7, 11) is 1.85. The quantitative estimate of drug-likeness (QED) is 0.766. The van der Waals surface area contributed by atoms with Crippen molar-refractivity contribution in [3.8, 4) is 0 Å². The Morgan fingerprint density at radius 2 is 2.22 bits per heavy atom. The Morgan fingerprint density at radius 3 is 2.89 bits per heavy atom. The van der Waals surface area contributed by atoms with Gasteiger partial charge in [0.2, 0.25) is 0 Å². The molecule has 0 aromatic rings. The van der Waals surface area contributed by atoms with Crippen molar-refractivity contribution in [2.75, 3.05) is 33.4 Å². The molecular formula is C13H24N2O3. The summed E-state index contributed by atoms with van der Waals surface area (Å²) in [4.78, 5) is 14.0. The van der Waals surface area contributed by atoms with Crippen LogP contribution in [0, 0.1) is 5.92 Å². The minimum atomic E-state index is -0.450. The molecule has 1 amide bonds. The van der Waals surface area contributed by atoms with Crippen LogP contribution in [0.1, 0.15) is 27.2 Å². The average molecular weight is 256 g/mol. The van der Waals surface area contributed by atoms with Crippen LogP contribution in [0.15, 0.2) is 0 Å². The molecule has 18 heavy (non-hydrogen) atoms. The van der Waals surface area contributed by atoms with Crippen LogP contribution in [0.2, 0.25) is 0 Å². The van der Waals surface area contributed by atoms with E-state index in [0.717, 1.165) is 26.1 Å². The van der Waals surface area contributed by atoms with E-state index in [0.29, 0.717) is 12.5 Å². The first-order valence-electron chi connectivity index (χ1n) is 6.60. The van der Waals surface area contributed by atoms with Gasteiger partial charge in [0.05, 0.1) is 12.1 Å². The Hall–Kier alpha value is -0.810. The molecule has 2 aliphatic rings. The topological polar surface area (TPSA) is 50.8 Å². The van der Waals surface area contributed by atoms with Gasteiger partial charge in [0, 0.05) is 32.7 Å². The first kappa shape index (κ1) is 13.6. The average Bonchev–Trinajstić information content (AvgIpc) is 2.70. The van der Waals surface area contributed by atoms with Crippen LogP contribution in [0.4, 0.5) is 4.79 Å². The summed E-state index contributed by atoms with van der Waals surface area (Å²) in [5.74, 6) is 0.365. The van der Waals surface area contributed by atoms with Gasteiger partial charge in [0.15, 0.2) is 0 Å². The standard InChI is InChI=1S/C13H24N2O3/c1-12(2,3)18-11(16)15(4)13-5-6-17-8-10(13)7-14-9-13/h10,14H,5-9H2,1-4H3/t10-,13-/m1/s1. The van der Waals surface area contributed by atoms with E-state index in [4.69, 9.17) is 9.47 Å². The van der Waals surface area contributed by atoms with E-state index in [1.54, 1.807) is 4.90 Å². The highest BCUT2D eigenvalue weighted by molar-refractivity contribution is 5.69. The number of nitrogens with one attached hydrogen (secondary N) is 1. The molecule has 2 rings (SSSR count). The lowest BCUT2D eigenvalue weighted by molar-refractivity contribution is -0.0521. The number of nitrogens with zero attached hydrogens (tertiary/aromatic N) is 1. The predicted molar refractivity (Wildman–Crippen MR) is 68.5 cm³/mol. The maximum Gasteiger partial charge on any atom is 0.410 e. The zero-order valence-corrected chi connectivity index (χ0v) is 11.8. The molecule has 0 aliphatic carbocycles. The number of rotatable bonds is 1. The van der Waals surface area contributed by atoms with Crippen molar-refractivity contribution in [1.82, 2.24) is 10.2 Å². The predicted octanol–water partition coefficient (Wildman–Crippen LogP) is 1.23. The van der Waals surface area contributed by atoms with E-state index < -0.39 is 5.60 Å². The summed E-state index contributed by atoms with van der Waals surface area (Å²) in [6, 6.07) is 0. The van der Waals surface area contributed by atoms with Gasteiger partial charge in [-0.1, -0.05) is 0 Å². The fraction of sp³-hybridized carbons (Fsp3) is 0.923. The Morgan fingerprint density at radius 1 is 1.50 bits per heavy atom. The second-order valence-corrected chi connectivity index (χ2v) is 6.30. The first-order chi connectivity index (χ1) is 8.35. The van der Waals surface area contributed by atoms with Gasteiger partial charge in [0.25, 0.3) is 0 Å². The molecule has 2 aliphatic heterocycles. The Balaban J connectivity index is 2.11. The van der Waals surface area contributed by atoms with Gasteiger partial charge in [-0.15, -0.1) is 0 Å². The number of carbonyl (C=O) groups excluding carboxylic acids is 1. The van der Waals surface area contributed by atoms with Crippen molar-refractivity contribution in [2.24, 2.45) is 5.92 Å². The van der Waals surface area contributed by atoms with Gasteiger partial charge in [-0.05, 0) is 27.2 Å². The van der Waals surface area contributed by atoms with E-state index in [1.807, 2.05) is 27.8 Å². The third kappa shape index (κ3) is 2.47. The van der Waals surface area contributed by atoms with Crippen molar-refractivity contribution in [2.45, 2.75) is 38.3 Å². The lowest BCUT2D eigenvalue weighted by Crippen LogP contribution is -2.59. The highest BCUT2D eigenvalue weighted by Gasteiger charge is 2.50. The number of carbonyl (C=O) groups is 1. The van der Waals surface area contributed by atoms with E-state index in [-0.39, 0.29) is 11.6 Å². The molecule has 0 aromatic carbocycles. The van der Waals surface area contributed by atoms with Crippen LogP contribution >= 0.6 is 0 Å². The molecule has 0 radical (unpaired) electrons. The van der Waals surface area contributed by atoms with Gasteiger partial charge >= 0.3 is 6.09 Å². The molecule has 0 unspecified atom stereocenters. The third-order valence-corrected chi connectivity index (χ3v) is 3.92. The molecule has 0 spiro atoms. The zero-order chi connectivity index (χ0) is 13.4. The van der Waals surface area contributed by atoms with Crippen LogP contribution in [0.3, 0.4) is 0 Å². The van der Waals surface area contributed by atoms with Crippen molar-refractivity contribution in [3.05, 3.63) is 0 Å². The summed E-state index contributed by atoms with van der Waals surface area (Å²) >= 11 is 0. The molecule has 2 atom stereocenters. The molecule has 104 valence electrons. The molecule has 1 N–H and O–H groups in total. The second-order valence-electron chi connectivity index (χ2n) is 6.30. The maximum atomic E-state index is 12.2. The number of hydrogen-bond acceptors (Lipinski definition) is 4. The lowest BCUT2D eigenvalue weighted by atomic mass is 9.82. The van der Waals surface area contributed by atoms with Crippen LogP contribution in [0.5, 0.6) is 0 Å². The van der Waals surface area contributed by atoms with Gasteiger partial charge in [-0.3, -0.25) is 0 Å². The van der Waals surface area contributed by atoms with E-state index in [9.17, 15) is 4.79 Å². The van der Waals surface area contributed by atoms with Crippen molar-refractivity contribution >= 4 is 6.09 Å². The molecule has 5 heteroatoms. The Labute approximate surface area is 109 Å². The van der Waals surface area contributed by atoms with Crippen LogP contribution < -0.4 is 5.32 Å². The fourth-order valence-corrected chi connectivity index (χ4v) is 2.85. The Bertz CT molecular complexity index is 327. The Kier molecular flexibility index (Phi) is 3.56. The number of amides is 1. The smallest absolute Gasteiger partial charge is 0.410 e. The van der Waals surface area contributed by atoms with E-state index in [2.05, 4.69) is 5.32 Å². The third-order valence-electron chi connectivity index (χ3n) is 3.92. The van der Waals surface area contributed by atoms with Crippen molar-refractivity contribution in [3.63, 3.8) is 0 Å². The normalized spacial score (nSPS) is 31.9. The summed E-state index contributed by atoms with van der Waals surface area (Å²) in [5.41, 5.74) is -0.588. The maximum absolute atomic E-state index is 12.2. The minimum Gasteiger partial charge on any atom is -0.444 e. The zero-order valence-electron chi connectivity index (χ0n) is 11.8. The van der Waals surface area contributed by atoms with E-state index in [1.165, 1.54) is 0 Å². The van der Waals surface area contributed by atoms with Gasteiger partial charge in [0.1, 0.15) is 5.60 Å². The van der Waals surface area contributed by atoms with Gasteiger partial charge in [-0.25, -0.2) is 4.79 Å². The molecule has 2 heterocycles. The van der Waals surface area contributed by atoms with Crippen molar-refractivity contribution < 1.29 is 14.3 Å². The summed E-state index contributed by atoms with van der Waals surface area (Å²) in [6.07, 6.45) is 0.638. The van der Waals surface area contributed by atoms with Crippen LogP contribution in [-0.4, -0.2) is 55.5 Å². The summed E-state index contributed by atoms with van der Waals surface area (Å²) in [5, 5.41) is 3.37. The van der Waals surface area contributed by atoms with Gasteiger partial charge in [-0.2, -0.15) is 0 Å². The number of ether oxygens (including phenoxy) is 2. The second kappa shape index (κ2) is 4.70. The highest BCUT2D eigenvalue weighted by atomic mass is 16.6. The first-order valence-corrected chi connectivity index (χ1v) is 6.60. The molecule has 5 nitrogen and oxygen atoms in total. The minimum absolute atomic E-state index is 0.138. The van der Waals surface area contributed by atoms with Crippen molar-refractivity contribution in [1.29, 1.82) is 0 Å². The number of hydrogen-bond donors (Lipinski definition) is 1. The molecule has 0 bridgehead atoms. The SMILES string of the molecule is CN(C(=O)OC(C)(C)C)[C@@]12CCOC[C@H]1CNC2. The van der Waals surface area contributed by atoms with Crippen LogP contribution in [0.25, 0.3) is 0 Å². The summed E-state index contributed by atoms with van der Waals surface area (Å²) < 4.78 is 11.0.